The van der Waals surface area contributed by atoms with Crippen molar-refractivity contribution in [2.75, 3.05) is 27.2 Å². The van der Waals surface area contributed by atoms with E-state index < -0.39 is 12.7 Å². The van der Waals surface area contributed by atoms with E-state index in [2.05, 4.69) is 5.32 Å². The van der Waals surface area contributed by atoms with E-state index in [4.69, 9.17) is 0 Å². The largest absolute Gasteiger partial charge is 0.401 e. The number of nitrogens with zero attached hydrogens (tertiary/aromatic N) is 1. The molecule has 1 aliphatic carbocycles. The second kappa shape index (κ2) is 5.87. The Balaban J connectivity index is 2.23. The quantitative estimate of drug-likeness (QED) is 0.790. The molecule has 5 heteroatoms. The molecule has 1 N–H and O–H groups in total. The molecule has 16 heavy (non-hydrogen) atoms. The van der Waals surface area contributed by atoms with Crippen molar-refractivity contribution in [3.8, 4) is 0 Å². The SMILES string of the molecule is CNC1CCCC1CCN(C)CC(F)(F)F. The third-order valence-corrected chi connectivity index (χ3v) is 3.36. The third kappa shape index (κ3) is 4.70. The maximum atomic E-state index is 12.1. The maximum absolute atomic E-state index is 12.1. The van der Waals surface area contributed by atoms with Gasteiger partial charge in [-0.1, -0.05) is 6.42 Å². The van der Waals surface area contributed by atoms with E-state index in [-0.39, 0.29) is 0 Å². The Kier molecular flexibility index (Phi) is 5.05. The Labute approximate surface area is 95.2 Å². The molecule has 2 atom stereocenters. The highest BCUT2D eigenvalue weighted by Gasteiger charge is 2.30. The van der Waals surface area contributed by atoms with E-state index in [1.54, 1.807) is 0 Å². The molecule has 0 radical (unpaired) electrons. The predicted octanol–water partition coefficient (Wildman–Crippen LogP) is 2.26. The summed E-state index contributed by atoms with van der Waals surface area (Å²) in [5.74, 6) is 0.542. The summed E-state index contributed by atoms with van der Waals surface area (Å²) in [6, 6.07) is 0.499. The molecule has 2 nitrogen and oxygen atoms in total. The Bertz CT molecular complexity index is 206. The molecule has 0 aromatic carbocycles. The molecule has 0 spiro atoms. The molecule has 96 valence electrons. The highest BCUT2D eigenvalue weighted by Crippen LogP contribution is 2.28. The zero-order chi connectivity index (χ0) is 12.2. The van der Waals surface area contributed by atoms with E-state index in [1.165, 1.54) is 18.4 Å². The van der Waals surface area contributed by atoms with E-state index in [1.807, 2.05) is 7.05 Å². The Morgan fingerprint density at radius 2 is 2.00 bits per heavy atom. The molecule has 0 aliphatic heterocycles. The van der Waals surface area contributed by atoms with Crippen LogP contribution in [0.1, 0.15) is 25.7 Å². The van der Waals surface area contributed by atoms with Crippen LogP contribution in [0.4, 0.5) is 13.2 Å². The van der Waals surface area contributed by atoms with Crippen LogP contribution in [0, 0.1) is 5.92 Å². The minimum Gasteiger partial charge on any atom is -0.317 e. The van der Waals surface area contributed by atoms with E-state index >= 15 is 0 Å². The molecule has 1 aliphatic rings. The van der Waals surface area contributed by atoms with Crippen molar-refractivity contribution in [3.63, 3.8) is 0 Å². The smallest absolute Gasteiger partial charge is 0.317 e. The van der Waals surface area contributed by atoms with Gasteiger partial charge in [0.25, 0.3) is 0 Å². The lowest BCUT2D eigenvalue weighted by molar-refractivity contribution is -0.143. The van der Waals surface area contributed by atoms with Crippen LogP contribution in [0.2, 0.25) is 0 Å². The first-order chi connectivity index (χ1) is 7.42. The van der Waals surface area contributed by atoms with Crippen LogP contribution in [0.15, 0.2) is 0 Å². The van der Waals surface area contributed by atoms with Crippen LogP contribution >= 0.6 is 0 Å². The van der Waals surface area contributed by atoms with Gasteiger partial charge in [-0.25, -0.2) is 0 Å². The van der Waals surface area contributed by atoms with E-state index in [0.717, 1.165) is 19.3 Å². The van der Waals surface area contributed by atoms with Gasteiger partial charge in [0.1, 0.15) is 0 Å². The van der Waals surface area contributed by atoms with Crippen LogP contribution in [0.25, 0.3) is 0 Å². The molecular weight excluding hydrogens is 217 g/mol. The molecule has 1 saturated carbocycles. The van der Waals surface area contributed by atoms with Crippen molar-refractivity contribution in [1.29, 1.82) is 0 Å². The Morgan fingerprint density at radius 1 is 1.31 bits per heavy atom. The van der Waals surface area contributed by atoms with Gasteiger partial charge in [-0.2, -0.15) is 13.2 Å². The molecule has 1 fully saturated rings. The molecule has 1 rings (SSSR count). The molecule has 2 unspecified atom stereocenters. The van der Waals surface area contributed by atoms with E-state index in [0.29, 0.717) is 18.5 Å². The first-order valence-electron chi connectivity index (χ1n) is 5.85. The Morgan fingerprint density at radius 3 is 2.56 bits per heavy atom. The fourth-order valence-electron chi connectivity index (χ4n) is 2.53. The molecule has 0 bridgehead atoms. The minimum absolute atomic E-state index is 0.499. The molecule has 0 heterocycles. The predicted molar refractivity (Wildman–Crippen MR) is 58.4 cm³/mol. The fourth-order valence-corrected chi connectivity index (χ4v) is 2.53. The van der Waals surface area contributed by atoms with Crippen LogP contribution in [0.5, 0.6) is 0 Å². The third-order valence-electron chi connectivity index (χ3n) is 3.36. The van der Waals surface area contributed by atoms with E-state index in [9.17, 15) is 13.2 Å². The van der Waals surface area contributed by atoms with Crippen molar-refractivity contribution in [2.45, 2.75) is 37.9 Å². The van der Waals surface area contributed by atoms with Gasteiger partial charge in [-0.15, -0.1) is 0 Å². The first kappa shape index (κ1) is 13.8. The summed E-state index contributed by atoms with van der Waals surface area (Å²) >= 11 is 0. The fraction of sp³-hybridized carbons (Fsp3) is 1.00. The van der Waals surface area contributed by atoms with Gasteiger partial charge in [0.15, 0.2) is 0 Å². The zero-order valence-electron chi connectivity index (χ0n) is 9.98. The second-order valence-electron chi connectivity index (χ2n) is 4.73. The van der Waals surface area contributed by atoms with Crippen molar-refractivity contribution < 1.29 is 13.2 Å². The summed E-state index contributed by atoms with van der Waals surface area (Å²) in [5, 5.41) is 3.25. The van der Waals surface area contributed by atoms with Crippen molar-refractivity contribution in [1.82, 2.24) is 10.2 Å². The lowest BCUT2D eigenvalue weighted by Crippen LogP contribution is -2.35. The molecule has 0 aromatic rings. The number of alkyl halides is 3. The summed E-state index contributed by atoms with van der Waals surface area (Å²) in [6.45, 7) is -0.272. The van der Waals surface area contributed by atoms with Crippen LogP contribution in [0.3, 0.4) is 0 Å². The topological polar surface area (TPSA) is 15.3 Å². The number of hydrogen-bond donors (Lipinski definition) is 1. The lowest BCUT2D eigenvalue weighted by Gasteiger charge is -2.23. The Hall–Kier alpha value is -0.290. The molecular formula is C11H21F3N2. The first-order valence-corrected chi connectivity index (χ1v) is 5.85. The van der Waals surface area contributed by atoms with Crippen LogP contribution in [-0.2, 0) is 0 Å². The van der Waals surface area contributed by atoms with Gasteiger partial charge in [-0.05, 0) is 45.8 Å². The second-order valence-corrected chi connectivity index (χ2v) is 4.73. The van der Waals surface area contributed by atoms with Gasteiger partial charge in [-0.3, -0.25) is 4.90 Å². The highest BCUT2D eigenvalue weighted by atomic mass is 19.4. The van der Waals surface area contributed by atoms with Crippen molar-refractivity contribution in [2.24, 2.45) is 5.92 Å². The van der Waals surface area contributed by atoms with Crippen molar-refractivity contribution in [3.05, 3.63) is 0 Å². The summed E-state index contributed by atoms with van der Waals surface area (Å²) < 4.78 is 36.3. The number of halogens is 3. The standard InChI is InChI=1S/C11H21F3N2/c1-15-10-5-3-4-9(10)6-7-16(2)8-11(12,13)14/h9-10,15H,3-8H2,1-2H3. The summed E-state index contributed by atoms with van der Waals surface area (Å²) in [6.07, 6.45) is 0.277. The number of rotatable bonds is 5. The number of nitrogens with one attached hydrogen (secondary N) is 1. The van der Waals surface area contributed by atoms with Gasteiger partial charge in [0.2, 0.25) is 0 Å². The average Bonchev–Trinajstić information content (AvgIpc) is 2.59. The van der Waals surface area contributed by atoms with Gasteiger partial charge in [0, 0.05) is 6.04 Å². The van der Waals surface area contributed by atoms with Crippen LogP contribution in [-0.4, -0.2) is 44.3 Å². The maximum Gasteiger partial charge on any atom is 0.401 e. The minimum atomic E-state index is -4.08. The average molecular weight is 238 g/mol. The monoisotopic (exact) mass is 238 g/mol. The number of hydrogen-bond acceptors (Lipinski definition) is 2. The summed E-state index contributed by atoms with van der Waals surface area (Å²) in [5.41, 5.74) is 0. The lowest BCUT2D eigenvalue weighted by atomic mass is 9.99. The van der Waals surface area contributed by atoms with Gasteiger partial charge < -0.3 is 5.32 Å². The van der Waals surface area contributed by atoms with Crippen molar-refractivity contribution >= 4 is 0 Å². The summed E-state index contributed by atoms with van der Waals surface area (Å²) in [7, 11) is 3.47. The van der Waals surface area contributed by atoms with Crippen LogP contribution < -0.4 is 5.32 Å². The molecule has 0 saturated heterocycles. The van der Waals surface area contributed by atoms with Gasteiger partial charge in [0.05, 0.1) is 6.54 Å². The summed E-state index contributed by atoms with van der Waals surface area (Å²) in [4.78, 5) is 1.37. The molecule has 0 aromatic heterocycles. The normalized spacial score (nSPS) is 26.6. The molecule has 0 amide bonds. The zero-order valence-corrected chi connectivity index (χ0v) is 9.98. The van der Waals surface area contributed by atoms with Gasteiger partial charge >= 0.3 is 6.18 Å². The highest BCUT2D eigenvalue weighted by molar-refractivity contribution is 4.82.